The third kappa shape index (κ3) is 2.60. The molecule has 2 rings (SSSR count). The first kappa shape index (κ1) is 10.3. The zero-order chi connectivity index (χ0) is 10.7. The lowest BCUT2D eigenvalue weighted by atomic mass is 10.2. The Labute approximate surface area is 90.3 Å². The lowest BCUT2D eigenvalue weighted by Crippen LogP contribution is -2.34. The third-order valence-corrected chi connectivity index (χ3v) is 2.89. The highest BCUT2D eigenvalue weighted by Gasteiger charge is 2.32. The topological polar surface area (TPSA) is 40.2 Å². The Balaban J connectivity index is 1.97. The quantitative estimate of drug-likeness (QED) is 0.740. The van der Waals surface area contributed by atoms with E-state index in [0.29, 0.717) is 18.5 Å². The van der Waals surface area contributed by atoms with Crippen LogP contribution in [0.1, 0.15) is 31.9 Å². The monoisotopic (exact) mass is 204 g/mol. The summed E-state index contributed by atoms with van der Waals surface area (Å²) in [4.78, 5) is 2.38. The molecule has 0 amide bonds. The molecule has 1 aliphatic carbocycles. The van der Waals surface area contributed by atoms with Gasteiger partial charge in [-0.05, 0) is 31.9 Å². The van der Waals surface area contributed by atoms with Gasteiger partial charge in [-0.1, -0.05) is 0 Å². The van der Waals surface area contributed by atoms with Crippen LogP contribution in [0.4, 0.5) is 0 Å². The van der Waals surface area contributed by atoms with Crippen LogP contribution >= 0.6 is 0 Å². The maximum absolute atomic E-state index is 8.71. The Morgan fingerprint density at radius 1 is 1.67 bits per heavy atom. The summed E-state index contributed by atoms with van der Waals surface area (Å²) in [5.74, 6) is 0.992. The second kappa shape index (κ2) is 4.50. The van der Waals surface area contributed by atoms with Crippen LogP contribution < -0.4 is 0 Å². The molecule has 15 heavy (non-hydrogen) atoms. The minimum atomic E-state index is 0.326. The van der Waals surface area contributed by atoms with Gasteiger partial charge in [0, 0.05) is 12.1 Å². The van der Waals surface area contributed by atoms with Gasteiger partial charge in [0.15, 0.2) is 0 Å². The molecule has 1 heterocycles. The highest BCUT2D eigenvalue weighted by atomic mass is 16.3. The summed E-state index contributed by atoms with van der Waals surface area (Å²) < 4.78 is 5.35. The fourth-order valence-corrected chi connectivity index (χ4v) is 1.88. The Kier molecular flexibility index (Phi) is 3.08. The number of nitriles is 1. The molecule has 1 aromatic heterocycles. The molecule has 1 atom stereocenters. The van der Waals surface area contributed by atoms with Crippen molar-refractivity contribution in [2.75, 3.05) is 0 Å². The summed E-state index contributed by atoms with van der Waals surface area (Å²) in [6, 6.07) is 7.14. The third-order valence-electron chi connectivity index (χ3n) is 2.89. The van der Waals surface area contributed by atoms with Crippen molar-refractivity contribution in [3.8, 4) is 6.07 Å². The zero-order valence-electron chi connectivity index (χ0n) is 9.02. The van der Waals surface area contributed by atoms with Gasteiger partial charge >= 0.3 is 0 Å². The number of nitrogens with zero attached hydrogens (tertiary/aromatic N) is 2. The minimum absolute atomic E-state index is 0.326. The van der Waals surface area contributed by atoms with Gasteiger partial charge in [-0.15, -0.1) is 0 Å². The summed E-state index contributed by atoms with van der Waals surface area (Å²) >= 11 is 0. The maximum atomic E-state index is 8.71. The van der Waals surface area contributed by atoms with Gasteiger partial charge in [-0.2, -0.15) is 5.26 Å². The fourth-order valence-electron chi connectivity index (χ4n) is 1.88. The van der Waals surface area contributed by atoms with E-state index in [0.717, 1.165) is 12.3 Å². The number of hydrogen-bond acceptors (Lipinski definition) is 3. The highest BCUT2D eigenvalue weighted by Crippen LogP contribution is 2.30. The predicted molar refractivity (Wildman–Crippen MR) is 57.0 cm³/mol. The van der Waals surface area contributed by atoms with E-state index in [1.807, 2.05) is 12.1 Å². The first-order valence-electron chi connectivity index (χ1n) is 5.46. The van der Waals surface area contributed by atoms with E-state index >= 15 is 0 Å². The number of furan rings is 1. The highest BCUT2D eigenvalue weighted by molar-refractivity contribution is 5.01. The van der Waals surface area contributed by atoms with E-state index in [2.05, 4.69) is 17.9 Å². The molecular weight excluding hydrogens is 188 g/mol. The van der Waals surface area contributed by atoms with Gasteiger partial charge in [0.2, 0.25) is 0 Å². The van der Waals surface area contributed by atoms with Crippen molar-refractivity contribution in [3.05, 3.63) is 24.2 Å². The molecule has 0 spiro atoms. The largest absolute Gasteiger partial charge is 0.468 e. The first-order chi connectivity index (χ1) is 7.31. The van der Waals surface area contributed by atoms with Gasteiger partial charge in [-0.25, -0.2) is 0 Å². The molecule has 1 fully saturated rings. The Morgan fingerprint density at radius 2 is 2.47 bits per heavy atom. The molecule has 0 bridgehead atoms. The van der Waals surface area contributed by atoms with Crippen LogP contribution in [0.5, 0.6) is 0 Å². The summed E-state index contributed by atoms with van der Waals surface area (Å²) in [5.41, 5.74) is 0. The van der Waals surface area contributed by atoms with Gasteiger partial charge in [0.1, 0.15) is 5.76 Å². The summed E-state index contributed by atoms with van der Waals surface area (Å²) in [7, 11) is 0. The molecule has 3 heteroatoms. The van der Waals surface area contributed by atoms with Crippen LogP contribution in [0.3, 0.4) is 0 Å². The van der Waals surface area contributed by atoms with Crippen molar-refractivity contribution < 1.29 is 4.42 Å². The average Bonchev–Trinajstić information content (AvgIpc) is 2.93. The summed E-state index contributed by atoms with van der Waals surface area (Å²) in [6.45, 7) is 2.95. The maximum Gasteiger partial charge on any atom is 0.117 e. The smallest absolute Gasteiger partial charge is 0.117 e. The molecule has 1 aliphatic rings. The zero-order valence-corrected chi connectivity index (χ0v) is 9.02. The SMILES string of the molecule is CC(CC#N)N(Cc1ccco1)C1CC1. The predicted octanol–water partition coefficient (Wildman–Crippen LogP) is 2.55. The van der Waals surface area contributed by atoms with Crippen LogP contribution in [0, 0.1) is 11.3 Å². The van der Waals surface area contributed by atoms with E-state index in [-0.39, 0.29) is 0 Å². The van der Waals surface area contributed by atoms with Crippen molar-refractivity contribution >= 4 is 0 Å². The second-order valence-corrected chi connectivity index (χ2v) is 4.19. The van der Waals surface area contributed by atoms with Crippen LogP contribution in [0.15, 0.2) is 22.8 Å². The molecular formula is C12H16N2O. The standard InChI is InChI=1S/C12H16N2O/c1-10(6-7-13)14(11-4-5-11)9-12-3-2-8-15-12/h2-3,8,10-11H,4-6,9H2,1H3. The summed E-state index contributed by atoms with van der Waals surface area (Å²) in [5, 5.41) is 8.71. The Bertz CT molecular complexity index is 335. The normalized spacial score (nSPS) is 17.7. The second-order valence-electron chi connectivity index (χ2n) is 4.19. The fraction of sp³-hybridized carbons (Fsp3) is 0.583. The molecule has 0 N–H and O–H groups in total. The van der Waals surface area contributed by atoms with Crippen molar-refractivity contribution in [3.63, 3.8) is 0 Å². The molecule has 3 nitrogen and oxygen atoms in total. The first-order valence-corrected chi connectivity index (χ1v) is 5.46. The van der Waals surface area contributed by atoms with Gasteiger partial charge in [-0.3, -0.25) is 4.90 Å². The molecule has 1 unspecified atom stereocenters. The Morgan fingerprint density at radius 3 is 3.00 bits per heavy atom. The van der Waals surface area contributed by atoms with E-state index in [1.54, 1.807) is 6.26 Å². The molecule has 1 saturated carbocycles. The summed E-state index contributed by atoms with van der Waals surface area (Å²) in [6.07, 6.45) is 4.82. The van der Waals surface area contributed by atoms with Crippen LogP contribution in [0.25, 0.3) is 0 Å². The van der Waals surface area contributed by atoms with Crippen LogP contribution in [-0.2, 0) is 6.54 Å². The van der Waals surface area contributed by atoms with Crippen molar-refractivity contribution in [1.29, 1.82) is 5.26 Å². The van der Waals surface area contributed by atoms with Crippen molar-refractivity contribution in [2.45, 2.75) is 44.8 Å². The van der Waals surface area contributed by atoms with Gasteiger partial charge in [0.05, 0.1) is 25.3 Å². The molecule has 0 aromatic carbocycles. The molecule has 0 saturated heterocycles. The van der Waals surface area contributed by atoms with E-state index < -0.39 is 0 Å². The Hall–Kier alpha value is -1.27. The van der Waals surface area contributed by atoms with E-state index in [9.17, 15) is 0 Å². The van der Waals surface area contributed by atoms with Gasteiger partial charge in [0.25, 0.3) is 0 Å². The van der Waals surface area contributed by atoms with Crippen molar-refractivity contribution in [1.82, 2.24) is 4.90 Å². The van der Waals surface area contributed by atoms with Crippen molar-refractivity contribution in [2.24, 2.45) is 0 Å². The number of hydrogen-bond donors (Lipinski definition) is 0. The molecule has 0 radical (unpaired) electrons. The average molecular weight is 204 g/mol. The molecule has 0 aliphatic heterocycles. The molecule has 1 aromatic rings. The van der Waals surface area contributed by atoms with Crippen LogP contribution in [0.2, 0.25) is 0 Å². The lowest BCUT2D eigenvalue weighted by Gasteiger charge is -2.26. The minimum Gasteiger partial charge on any atom is -0.468 e. The van der Waals surface area contributed by atoms with Crippen LogP contribution in [-0.4, -0.2) is 17.0 Å². The lowest BCUT2D eigenvalue weighted by molar-refractivity contribution is 0.177. The van der Waals surface area contributed by atoms with E-state index in [4.69, 9.17) is 9.68 Å². The van der Waals surface area contributed by atoms with Gasteiger partial charge < -0.3 is 4.42 Å². The number of rotatable bonds is 5. The van der Waals surface area contributed by atoms with E-state index in [1.165, 1.54) is 12.8 Å². The molecule has 80 valence electrons.